The fourth-order valence-electron chi connectivity index (χ4n) is 5.46. The number of benzene rings is 7. The number of nitrogens with one attached hydrogen (secondary N) is 1. The minimum Gasteiger partial charge on any atom is -0.507 e. The highest BCUT2D eigenvalue weighted by atomic mass is 32.2. The first kappa shape index (κ1) is 35.2. The Morgan fingerprint density at radius 1 is 0.462 bits per heavy atom. The van der Waals surface area contributed by atoms with Crippen LogP contribution >= 0.6 is 0 Å². The Labute approximate surface area is 306 Å². The molecular formula is C46H37N2O3S+. The van der Waals surface area contributed by atoms with Crippen molar-refractivity contribution in [1.29, 1.82) is 0 Å². The summed E-state index contributed by atoms with van der Waals surface area (Å²) < 4.78 is 0. The summed E-state index contributed by atoms with van der Waals surface area (Å²) in [6.07, 6.45) is 0. The summed E-state index contributed by atoms with van der Waals surface area (Å²) in [6, 6.07) is 68.8. The number of phenols is 1. The molecule has 5 nitrogen and oxygen atoms in total. The number of aromatic nitrogens is 2. The van der Waals surface area contributed by atoms with Gasteiger partial charge in [0.1, 0.15) is 17.1 Å². The van der Waals surface area contributed by atoms with Crippen LogP contribution in [0.5, 0.6) is 5.75 Å². The summed E-state index contributed by atoms with van der Waals surface area (Å²) in [5, 5.41) is 17.3. The van der Waals surface area contributed by atoms with Crippen molar-refractivity contribution in [2.24, 2.45) is 0 Å². The largest absolute Gasteiger partial charge is 0.507 e. The van der Waals surface area contributed by atoms with Crippen molar-refractivity contribution in [2.45, 2.75) is 14.7 Å². The lowest BCUT2D eigenvalue weighted by molar-refractivity contribution is 0.0693. The van der Waals surface area contributed by atoms with Gasteiger partial charge in [0, 0.05) is 16.7 Å². The number of nitrogens with zero attached hydrogens (tertiary/aromatic N) is 1. The van der Waals surface area contributed by atoms with Gasteiger partial charge in [-0.2, -0.15) is 0 Å². The topological polar surface area (TPSA) is 86.2 Å². The van der Waals surface area contributed by atoms with E-state index in [0.717, 1.165) is 33.9 Å². The molecule has 7 aromatic carbocycles. The van der Waals surface area contributed by atoms with Crippen molar-refractivity contribution in [3.63, 3.8) is 0 Å². The van der Waals surface area contributed by atoms with E-state index in [-0.39, 0.29) is 22.2 Å². The smallest absolute Gasteiger partial charge is 0.339 e. The molecule has 0 bridgehead atoms. The first-order valence-corrected chi connectivity index (χ1v) is 18.0. The van der Waals surface area contributed by atoms with Gasteiger partial charge in [-0.1, -0.05) is 158 Å². The average molecular weight is 698 g/mol. The zero-order valence-corrected chi connectivity index (χ0v) is 29.1. The summed E-state index contributed by atoms with van der Waals surface area (Å²) in [6.45, 7) is 0. The molecule has 0 atom stereocenters. The first-order valence-electron chi connectivity index (χ1n) is 16.8. The van der Waals surface area contributed by atoms with E-state index in [9.17, 15) is 4.79 Å². The number of carbonyl (C=O) groups is 1. The third-order valence-electron chi connectivity index (χ3n) is 7.93. The van der Waals surface area contributed by atoms with Gasteiger partial charge in [0.15, 0.2) is 14.7 Å². The van der Waals surface area contributed by atoms with Crippen LogP contribution in [0.3, 0.4) is 0 Å². The van der Waals surface area contributed by atoms with Crippen molar-refractivity contribution < 1.29 is 15.0 Å². The van der Waals surface area contributed by atoms with Crippen LogP contribution in [-0.4, -0.2) is 26.2 Å². The molecule has 0 aliphatic carbocycles. The Kier molecular flexibility index (Phi) is 12.1. The van der Waals surface area contributed by atoms with Gasteiger partial charge in [-0.25, -0.2) is 9.78 Å². The van der Waals surface area contributed by atoms with Gasteiger partial charge in [0.2, 0.25) is 0 Å². The van der Waals surface area contributed by atoms with Crippen LogP contribution in [0, 0.1) is 0 Å². The van der Waals surface area contributed by atoms with Gasteiger partial charge < -0.3 is 15.2 Å². The predicted molar refractivity (Wildman–Crippen MR) is 211 cm³/mol. The van der Waals surface area contributed by atoms with E-state index in [0.29, 0.717) is 0 Å². The standard InChI is InChI=1S/C21H16N2.C18H15S.C7H6O3/c1-4-10-16(11-5-1)19-20(17-12-6-2-7-13-17)23-21(22-19)18-14-8-3-9-15-18;1-4-10-16(11-5-1)19(17-12-6-2-7-13-17)18-14-8-3-9-15-18;8-6-4-2-1-3-5(6)7(9)10/h1-15H,(H,22,23);1-15H;1-4,8H,(H,9,10)/q;+1;. The molecule has 0 unspecified atom stereocenters. The average Bonchev–Trinajstić information content (AvgIpc) is 3.67. The van der Waals surface area contributed by atoms with Gasteiger partial charge in [-0.15, -0.1) is 0 Å². The molecule has 0 saturated carbocycles. The summed E-state index contributed by atoms with van der Waals surface area (Å²) >= 11 is 0. The minimum atomic E-state index is -1.11. The fraction of sp³-hybridized carbons (Fsp3) is 0. The maximum Gasteiger partial charge on any atom is 0.339 e. The highest BCUT2D eigenvalue weighted by Gasteiger charge is 2.27. The number of hydrogen-bond acceptors (Lipinski definition) is 3. The number of para-hydroxylation sites is 1. The van der Waals surface area contributed by atoms with E-state index < -0.39 is 5.97 Å². The number of carboxylic acids is 1. The Morgan fingerprint density at radius 3 is 1.23 bits per heavy atom. The second-order valence-electron chi connectivity index (χ2n) is 11.5. The number of aromatic hydroxyl groups is 1. The molecule has 0 spiro atoms. The zero-order chi connectivity index (χ0) is 36.0. The Bertz CT molecular complexity index is 2110. The predicted octanol–water partition coefficient (Wildman–Crippen LogP) is 11.3. The molecule has 0 aliphatic rings. The van der Waals surface area contributed by atoms with Crippen molar-refractivity contribution in [2.75, 3.05) is 0 Å². The Hall–Kier alpha value is -6.63. The third-order valence-corrected chi connectivity index (χ3v) is 10.2. The van der Waals surface area contributed by atoms with Gasteiger partial charge in [0.05, 0.1) is 22.3 Å². The van der Waals surface area contributed by atoms with E-state index in [1.807, 2.05) is 54.6 Å². The molecule has 0 amide bonds. The molecule has 1 heterocycles. The van der Waals surface area contributed by atoms with Crippen LogP contribution in [0.15, 0.2) is 221 Å². The SMILES string of the molecule is O=C(O)c1ccccc1O.c1ccc(-c2nc(-c3ccccc3)c(-c3ccccc3)[nH]2)cc1.c1ccc([S+](c2ccccc2)c2ccccc2)cc1. The maximum absolute atomic E-state index is 10.3. The number of H-pyrrole nitrogens is 1. The summed E-state index contributed by atoms with van der Waals surface area (Å²) in [5.74, 6) is -0.420. The molecule has 6 heteroatoms. The number of imidazole rings is 1. The molecule has 0 aliphatic heterocycles. The van der Waals surface area contributed by atoms with Gasteiger partial charge in [0.25, 0.3) is 0 Å². The van der Waals surface area contributed by atoms with Crippen LogP contribution in [0.2, 0.25) is 0 Å². The van der Waals surface area contributed by atoms with Crippen LogP contribution < -0.4 is 0 Å². The normalized spacial score (nSPS) is 10.3. The fourth-order valence-corrected chi connectivity index (χ4v) is 7.56. The Morgan fingerprint density at radius 2 is 0.827 bits per heavy atom. The highest BCUT2D eigenvalue weighted by molar-refractivity contribution is 7.97. The second-order valence-corrected chi connectivity index (χ2v) is 13.5. The van der Waals surface area contributed by atoms with E-state index in [2.05, 4.69) is 132 Å². The third kappa shape index (κ3) is 9.13. The van der Waals surface area contributed by atoms with E-state index >= 15 is 0 Å². The summed E-state index contributed by atoms with van der Waals surface area (Å²) in [7, 11) is -0.0146. The zero-order valence-electron chi connectivity index (χ0n) is 28.3. The monoisotopic (exact) mass is 697 g/mol. The Balaban J connectivity index is 0.000000144. The van der Waals surface area contributed by atoms with Crippen molar-refractivity contribution >= 4 is 16.9 Å². The molecule has 3 N–H and O–H groups in total. The summed E-state index contributed by atoms with van der Waals surface area (Å²) in [4.78, 5) is 22.7. The minimum absolute atomic E-state index is 0.0146. The summed E-state index contributed by atoms with van der Waals surface area (Å²) in [5.41, 5.74) is 5.31. The number of aromatic amines is 1. The molecule has 0 radical (unpaired) electrons. The molecule has 0 saturated heterocycles. The van der Waals surface area contributed by atoms with Crippen molar-refractivity contribution in [1.82, 2.24) is 9.97 Å². The van der Waals surface area contributed by atoms with Crippen molar-refractivity contribution in [3.05, 3.63) is 212 Å². The highest BCUT2D eigenvalue weighted by Crippen LogP contribution is 2.33. The molecule has 8 aromatic rings. The molecule has 1 aromatic heterocycles. The van der Waals surface area contributed by atoms with Crippen molar-refractivity contribution in [3.8, 4) is 39.7 Å². The van der Waals surface area contributed by atoms with Crippen LogP contribution in [-0.2, 0) is 10.9 Å². The van der Waals surface area contributed by atoms with Crippen LogP contribution in [0.4, 0.5) is 0 Å². The number of hydrogen-bond donors (Lipinski definition) is 3. The van der Waals surface area contributed by atoms with E-state index in [1.54, 1.807) is 12.1 Å². The van der Waals surface area contributed by atoms with E-state index in [1.165, 1.54) is 26.8 Å². The van der Waals surface area contributed by atoms with Gasteiger partial charge in [-0.05, 0) is 48.5 Å². The molecule has 0 fully saturated rings. The lowest BCUT2D eigenvalue weighted by atomic mass is 10.1. The van der Waals surface area contributed by atoms with Gasteiger partial charge >= 0.3 is 5.97 Å². The molecule has 254 valence electrons. The molecule has 8 rings (SSSR count). The lowest BCUT2D eigenvalue weighted by Gasteiger charge is -2.07. The second kappa shape index (κ2) is 17.9. The number of aromatic carboxylic acids is 1. The van der Waals surface area contributed by atoms with E-state index in [4.69, 9.17) is 15.2 Å². The van der Waals surface area contributed by atoms with Crippen LogP contribution in [0.1, 0.15) is 10.4 Å². The maximum atomic E-state index is 10.3. The van der Waals surface area contributed by atoms with Crippen LogP contribution in [0.25, 0.3) is 33.9 Å². The molecule has 52 heavy (non-hydrogen) atoms. The van der Waals surface area contributed by atoms with Gasteiger partial charge in [-0.3, -0.25) is 0 Å². The quantitative estimate of drug-likeness (QED) is 0.145. The number of carboxylic acid groups (broad SMARTS) is 1. The number of rotatable bonds is 7. The first-order chi connectivity index (χ1) is 25.6. The lowest BCUT2D eigenvalue weighted by Crippen LogP contribution is -2.04. The molecular weight excluding hydrogens is 661 g/mol.